The van der Waals surface area contributed by atoms with Crippen LogP contribution in [0.25, 0.3) is 0 Å². The van der Waals surface area contributed by atoms with Crippen LogP contribution in [0.5, 0.6) is 0 Å². The first-order chi connectivity index (χ1) is 4.00. The summed E-state index contributed by atoms with van der Waals surface area (Å²) in [5, 5.41) is 0. The monoisotopic (exact) mass is 282 g/mol. The molecule has 14 heavy (non-hydrogen) atoms. The number of hydrogen-bond donors (Lipinski definition) is 4. The Labute approximate surface area is 174 Å². The molecular formula is H6Na4O8Si2+2. The zero-order valence-corrected chi connectivity index (χ0v) is 18.4. The molecule has 0 atom stereocenters. The van der Waals surface area contributed by atoms with Gasteiger partial charge >= 0.3 is 130 Å². The fourth-order valence-corrected chi connectivity index (χ4v) is 0. The Morgan fingerprint density at radius 2 is 0.643 bits per heavy atom. The molecule has 0 radical (unpaired) electrons. The molecule has 14 heteroatoms. The molecule has 0 aromatic rings. The van der Waals surface area contributed by atoms with Gasteiger partial charge in [-0.25, -0.2) is 0 Å². The first kappa shape index (κ1) is 36.2. The second-order valence-electron chi connectivity index (χ2n) is 1.10. The Kier molecular flexibility index (Phi) is 44.2. The van der Waals surface area contributed by atoms with Gasteiger partial charge in [0.2, 0.25) is 0 Å². The first-order valence-corrected chi connectivity index (χ1v) is 5.13. The molecule has 0 saturated heterocycles. The standard InChI is InChI=1S/4Na.H3O4Si.HO4Si/c;;;;2*1-5(2,3)4/h;;;;1-3H;1H/q4*+1;-1;-3/p+2. The third kappa shape index (κ3) is 218. The van der Waals surface area contributed by atoms with Crippen molar-refractivity contribution in [3.63, 3.8) is 0 Å². The van der Waals surface area contributed by atoms with Gasteiger partial charge in [0, 0.05) is 0 Å². The van der Waals surface area contributed by atoms with Crippen LogP contribution in [0.1, 0.15) is 2.85 Å². The van der Waals surface area contributed by atoms with Gasteiger partial charge in [0.15, 0.2) is 0 Å². The molecule has 0 rings (SSSR count). The van der Waals surface area contributed by atoms with E-state index in [1.165, 1.54) is 0 Å². The van der Waals surface area contributed by atoms with E-state index in [1.807, 2.05) is 0 Å². The van der Waals surface area contributed by atoms with Crippen molar-refractivity contribution in [3.8, 4) is 0 Å². The summed E-state index contributed by atoms with van der Waals surface area (Å²) in [6, 6.07) is 0. The summed E-state index contributed by atoms with van der Waals surface area (Å²) in [7, 11) is -10.2. The second-order valence-corrected chi connectivity index (χ2v) is 3.29. The van der Waals surface area contributed by atoms with Crippen LogP contribution >= 0.6 is 0 Å². The predicted molar refractivity (Wildman–Crippen MR) is 22.6 cm³/mol. The summed E-state index contributed by atoms with van der Waals surface area (Å²) in [6.45, 7) is 0. The number of hydrogen-bond acceptors (Lipinski definition) is 8. The second kappa shape index (κ2) is 17.1. The molecule has 0 aromatic carbocycles. The van der Waals surface area contributed by atoms with Crippen molar-refractivity contribution in [2.75, 3.05) is 0 Å². The molecule has 0 heterocycles. The van der Waals surface area contributed by atoms with E-state index >= 15 is 0 Å². The summed E-state index contributed by atoms with van der Waals surface area (Å²) in [4.78, 5) is 63.6. The van der Waals surface area contributed by atoms with Crippen LogP contribution < -0.4 is 137 Å². The van der Waals surface area contributed by atoms with E-state index in [9.17, 15) is 0 Å². The molecule has 4 N–H and O–H groups in total. The zero-order valence-electron chi connectivity index (χ0n) is 10.4. The SMILES string of the molecule is [H+].[H+].[Na+].[Na+].[Na+].[Na+].[O-][Si](O)(O)O.[O-][Si]([O-])([O-])O. The van der Waals surface area contributed by atoms with E-state index < -0.39 is 18.1 Å². The molecule has 8 nitrogen and oxygen atoms in total. The predicted octanol–water partition coefficient (Wildman–Crippen LogP) is -19.5. The van der Waals surface area contributed by atoms with Crippen LogP contribution in [0.3, 0.4) is 0 Å². The third-order valence-corrected chi connectivity index (χ3v) is 0. The van der Waals surface area contributed by atoms with E-state index in [0.717, 1.165) is 0 Å². The molecule has 0 saturated carbocycles. The molecular weight excluding hydrogens is 276 g/mol. The average Bonchev–Trinajstić information content (AvgIpc) is 1.12. The molecule has 0 spiro atoms. The fraction of sp³-hybridized carbons (Fsp3) is 0. The van der Waals surface area contributed by atoms with Crippen LogP contribution in [0, 0.1) is 0 Å². The van der Waals surface area contributed by atoms with Gasteiger partial charge < -0.3 is 38.4 Å². The Morgan fingerprint density at radius 1 is 0.643 bits per heavy atom. The molecule has 64 valence electrons. The summed E-state index contributed by atoms with van der Waals surface area (Å²) in [6.07, 6.45) is 0. The van der Waals surface area contributed by atoms with Crippen molar-refractivity contribution in [2.45, 2.75) is 0 Å². The van der Waals surface area contributed by atoms with Gasteiger partial charge in [-0.05, 0) is 0 Å². The van der Waals surface area contributed by atoms with Gasteiger partial charge in [-0.15, -0.1) is 9.05 Å². The van der Waals surface area contributed by atoms with Crippen molar-refractivity contribution in [1.82, 2.24) is 0 Å². The smallest absolute Gasteiger partial charge is 0.861 e. The largest absolute Gasteiger partial charge is 1.00 e. The van der Waals surface area contributed by atoms with Crippen molar-refractivity contribution in [3.05, 3.63) is 0 Å². The van der Waals surface area contributed by atoms with Gasteiger partial charge in [-0.3, -0.25) is 0 Å². The summed E-state index contributed by atoms with van der Waals surface area (Å²) >= 11 is 0. The maximum atomic E-state index is 8.91. The van der Waals surface area contributed by atoms with E-state index in [1.54, 1.807) is 0 Å². The van der Waals surface area contributed by atoms with Crippen molar-refractivity contribution in [2.24, 2.45) is 0 Å². The minimum Gasteiger partial charge on any atom is -0.861 e. The van der Waals surface area contributed by atoms with E-state index in [4.69, 9.17) is 38.4 Å². The first-order valence-electron chi connectivity index (χ1n) is 1.71. The molecule has 0 amide bonds. The fourth-order valence-electron chi connectivity index (χ4n) is 0. The van der Waals surface area contributed by atoms with E-state index in [2.05, 4.69) is 0 Å². The van der Waals surface area contributed by atoms with Crippen molar-refractivity contribution < 1.29 is 159 Å². The quantitative estimate of drug-likeness (QED) is 0.317. The maximum absolute atomic E-state index is 8.91. The Morgan fingerprint density at radius 3 is 0.643 bits per heavy atom. The Hall–Kier alpha value is 4.11. The zero-order chi connectivity index (χ0) is 9.00. The Bertz CT molecular complexity index is 71.0. The average molecular weight is 282 g/mol. The molecule has 0 aliphatic carbocycles. The topological polar surface area (TPSA) is 173 Å². The third-order valence-electron chi connectivity index (χ3n) is 0. The van der Waals surface area contributed by atoms with E-state index in [0.29, 0.717) is 0 Å². The summed E-state index contributed by atoms with van der Waals surface area (Å²) in [5.41, 5.74) is 0. The van der Waals surface area contributed by atoms with Crippen LogP contribution in [0.2, 0.25) is 0 Å². The van der Waals surface area contributed by atoms with Gasteiger partial charge in [0.05, 0.1) is 0 Å². The summed E-state index contributed by atoms with van der Waals surface area (Å²) in [5.74, 6) is 0. The minimum atomic E-state index is -5.36. The molecule has 0 unspecified atom stereocenters. The number of rotatable bonds is 0. The van der Waals surface area contributed by atoms with Gasteiger partial charge in [-0.1, -0.05) is 0 Å². The van der Waals surface area contributed by atoms with Gasteiger partial charge in [0.25, 0.3) is 0 Å². The van der Waals surface area contributed by atoms with Crippen LogP contribution in [0.4, 0.5) is 0 Å². The molecule has 0 aromatic heterocycles. The molecule has 0 fully saturated rings. The van der Waals surface area contributed by atoms with Crippen LogP contribution in [-0.4, -0.2) is 37.3 Å². The maximum Gasteiger partial charge on any atom is 1.00 e. The normalized spacial score (nSPS) is 8.57. The van der Waals surface area contributed by atoms with Crippen molar-refractivity contribution in [1.29, 1.82) is 0 Å². The van der Waals surface area contributed by atoms with Crippen LogP contribution in [0.15, 0.2) is 0 Å². The van der Waals surface area contributed by atoms with Crippen LogP contribution in [-0.2, 0) is 0 Å². The minimum absolute atomic E-state index is 0. The van der Waals surface area contributed by atoms with Crippen molar-refractivity contribution >= 4 is 18.1 Å². The Balaban J connectivity index is -0.00000000970. The van der Waals surface area contributed by atoms with Gasteiger partial charge in [-0.2, -0.15) is 0 Å². The molecule has 0 bridgehead atoms. The molecule has 0 aliphatic heterocycles. The van der Waals surface area contributed by atoms with Gasteiger partial charge in [0.1, 0.15) is 0 Å². The van der Waals surface area contributed by atoms with E-state index in [-0.39, 0.29) is 121 Å². The molecule has 0 aliphatic rings. The summed E-state index contributed by atoms with van der Waals surface area (Å²) < 4.78 is 0.